The van der Waals surface area contributed by atoms with Gasteiger partial charge in [0.25, 0.3) is 0 Å². The van der Waals surface area contributed by atoms with E-state index in [0.717, 1.165) is 62.5 Å². The summed E-state index contributed by atoms with van der Waals surface area (Å²) in [5, 5.41) is 19.2. The maximum Gasteiger partial charge on any atom is 0.336 e. The molecule has 1 rings (SSSR count). The van der Waals surface area contributed by atoms with E-state index in [9.17, 15) is 19.8 Å². The number of rotatable bonds is 12. The fourth-order valence-corrected chi connectivity index (χ4v) is 3.51. The first-order valence-corrected chi connectivity index (χ1v) is 9.84. The average molecular weight is 363 g/mol. The van der Waals surface area contributed by atoms with Crippen molar-refractivity contribution in [1.29, 1.82) is 0 Å². The molecule has 0 atom stereocenters. The number of aryl methyl sites for hydroxylation is 1. The van der Waals surface area contributed by atoms with Crippen molar-refractivity contribution in [1.82, 2.24) is 0 Å². The second-order valence-electron chi connectivity index (χ2n) is 7.99. The SMILES string of the molecule is CCCCCCc1ccc(C(=O)O)c(C(=O)O)c1CC(C)(C)CCCC. The van der Waals surface area contributed by atoms with Crippen LogP contribution in [0.5, 0.6) is 0 Å². The highest BCUT2D eigenvalue weighted by atomic mass is 16.4. The Morgan fingerprint density at radius 1 is 0.923 bits per heavy atom. The van der Waals surface area contributed by atoms with Crippen LogP contribution in [0.15, 0.2) is 12.1 Å². The molecule has 0 bridgehead atoms. The number of unbranched alkanes of at least 4 members (excludes halogenated alkanes) is 4. The topological polar surface area (TPSA) is 74.6 Å². The third-order valence-corrected chi connectivity index (χ3v) is 5.02. The van der Waals surface area contributed by atoms with Gasteiger partial charge in [0.05, 0.1) is 11.1 Å². The maximum atomic E-state index is 11.9. The van der Waals surface area contributed by atoms with Gasteiger partial charge in [-0.25, -0.2) is 9.59 Å². The third-order valence-electron chi connectivity index (χ3n) is 5.02. The van der Waals surface area contributed by atoms with Crippen molar-refractivity contribution in [2.24, 2.45) is 5.41 Å². The minimum Gasteiger partial charge on any atom is -0.478 e. The van der Waals surface area contributed by atoms with Crippen molar-refractivity contribution >= 4 is 11.9 Å². The zero-order chi connectivity index (χ0) is 19.7. The lowest BCUT2D eigenvalue weighted by atomic mass is 9.77. The smallest absolute Gasteiger partial charge is 0.336 e. The summed E-state index contributed by atoms with van der Waals surface area (Å²) < 4.78 is 0. The van der Waals surface area contributed by atoms with E-state index < -0.39 is 11.9 Å². The molecular formula is C22H34O4. The summed E-state index contributed by atoms with van der Waals surface area (Å²) in [6, 6.07) is 3.29. The number of aromatic carboxylic acids is 2. The molecule has 1 aromatic carbocycles. The van der Waals surface area contributed by atoms with Gasteiger partial charge >= 0.3 is 11.9 Å². The molecule has 1 aromatic rings. The van der Waals surface area contributed by atoms with Gasteiger partial charge in [0, 0.05) is 0 Å². The van der Waals surface area contributed by atoms with Crippen LogP contribution in [0.1, 0.15) is 104 Å². The molecule has 0 aliphatic carbocycles. The molecule has 4 nitrogen and oxygen atoms in total. The zero-order valence-corrected chi connectivity index (χ0v) is 16.7. The molecule has 0 aliphatic rings. The van der Waals surface area contributed by atoms with Crippen LogP contribution >= 0.6 is 0 Å². The normalized spacial score (nSPS) is 11.5. The molecule has 0 aromatic heterocycles. The Labute approximate surface area is 157 Å². The van der Waals surface area contributed by atoms with Gasteiger partial charge in [-0.3, -0.25) is 0 Å². The van der Waals surface area contributed by atoms with E-state index in [-0.39, 0.29) is 16.5 Å². The molecule has 0 heterocycles. The monoisotopic (exact) mass is 362 g/mol. The van der Waals surface area contributed by atoms with Crippen molar-refractivity contribution in [3.63, 3.8) is 0 Å². The third kappa shape index (κ3) is 6.47. The first-order valence-electron chi connectivity index (χ1n) is 9.84. The van der Waals surface area contributed by atoms with Crippen LogP contribution in [0.25, 0.3) is 0 Å². The Hall–Kier alpha value is -1.84. The van der Waals surface area contributed by atoms with Crippen molar-refractivity contribution in [2.45, 2.75) is 85.5 Å². The molecule has 2 N–H and O–H groups in total. The summed E-state index contributed by atoms with van der Waals surface area (Å²) in [6.45, 7) is 8.58. The fraction of sp³-hybridized carbons (Fsp3) is 0.636. The second-order valence-corrected chi connectivity index (χ2v) is 7.99. The van der Waals surface area contributed by atoms with Crippen molar-refractivity contribution in [3.8, 4) is 0 Å². The lowest BCUT2D eigenvalue weighted by Gasteiger charge is -2.27. The number of hydrogen-bond donors (Lipinski definition) is 2. The molecule has 0 fully saturated rings. The highest BCUT2D eigenvalue weighted by molar-refractivity contribution is 6.03. The Morgan fingerprint density at radius 3 is 2.12 bits per heavy atom. The predicted molar refractivity (Wildman–Crippen MR) is 105 cm³/mol. The number of carboxylic acids is 2. The summed E-state index contributed by atoms with van der Waals surface area (Å²) in [7, 11) is 0. The van der Waals surface area contributed by atoms with Crippen LogP contribution in [0.4, 0.5) is 0 Å². The minimum atomic E-state index is -1.17. The van der Waals surface area contributed by atoms with Crippen molar-refractivity contribution in [2.75, 3.05) is 0 Å². The van der Waals surface area contributed by atoms with Crippen LogP contribution in [-0.2, 0) is 12.8 Å². The zero-order valence-electron chi connectivity index (χ0n) is 16.7. The van der Waals surface area contributed by atoms with E-state index in [1.54, 1.807) is 0 Å². The van der Waals surface area contributed by atoms with Crippen LogP contribution in [0.2, 0.25) is 0 Å². The summed E-state index contributed by atoms with van der Waals surface area (Å²) in [5.41, 5.74) is 1.53. The summed E-state index contributed by atoms with van der Waals surface area (Å²) in [5.74, 6) is -2.31. The van der Waals surface area contributed by atoms with Gasteiger partial charge in [0.2, 0.25) is 0 Å². The molecule has 0 amide bonds. The van der Waals surface area contributed by atoms with E-state index in [1.807, 2.05) is 6.07 Å². The summed E-state index contributed by atoms with van der Waals surface area (Å²) in [4.78, 5) is 23.5. The molecule has 0 spiro atoms. The van der Waals surface area contributed by atoms with Crippen molar-refractivity contribution in [3.05, 3.63) is 34.4 Å². The predicted octanol–water partition coefficient (Wildman–Crippen LogP) is 5.96. The van der Waals surface area contributed by atoms with Gasteiger partial charge in [0.1, 0.15) is 0 Å². The molecular weight excluding hydrogens is 328 g/mol. The van der Waals surface area contributed by atoms with Crippen LogP contribution in [-0.4, -0.2) is 22.2 Å². The summed E-state index contributed by atoms with van der Waals surface area (Å²) >= 11 is 0. The van der Waals surface area contributed by atoms with Gasteiger partial charge in [-0.15, -0.1) is 0 Å². The quantitative estimate of drug-likeness (QED) is 0.450. The highest BCUT2D eigenvalue weighted by Crippen LogP contribution is 2.33. The van der Waals surface area contributed by atoms with Crippen molar-refractivity contribution < 1.29 is 19.8 Å². The van der Waals surface area contributed by atoms with E-state index >= 15 is 0 Å². The lowest BCUT2D eigenvalue weighted by molar-refractivity contribution is 0.0649. The first kappa shape index (κ1) is 22.2. The number of carboxylic acid groups (broad SMARTS) is 2. The number of benzene rings is 1. The second kappa shape index (κ2) is 10.3. The fourth-order valence-electron chi connectivity index (χ4n) is 3.51. The average Bonchev–Trinajstić information content (AvgIpc) is 2.56. The van der Waals surface area contributed by atoms with Crippen LogP contribution in [0, 0.1) is 5.41 Å². The molecule has 26 heavy (non-hydrogen) atoms. The van der Waals surface area contributed by atoms with Crippen LogP contribution < -0.4 is 0 Å². The van der Waals surface area contributed by atoms with E-state index in [0.29, 0.717) is 6.42 Å². The van der Waals surface area contributed by atoms with Gasteiger partial charge in [-0.1, -0.05) is 65.9 Å². The van der Waals surface area contributed by atoms with Crippen LogP contribution in [0.3, 0.4) is 0 Å². The minimum absolute atomic E-state index is 0.0185. The van der Waals surface area contributed by atoms with E-state index in [4.69, 9.17) is 0 Å². The Morgan fingerprint density at radius 2 is 1.58 bits per heavy atom. The molecule has 0 aliphatic heterocycles. The molecule has 0 radical (unpaired) electrons. The Balaban J connectivity index is 3.30. The molecule has 0 saturated carbocycles. The molecule has 4 heteroatoms. The van der Waals surface area contributed by atoms with Gasteiger partial charge < -0.3 is 10.2 Å². The maximum absolute atomic E-state index is 11.9. The highest BCUT2D eigenvalue weighted by Gasteiger charge is 2.27. The molecule has 146 valence electrons. The van der Waals surface area contributed by atoms with E-state index in [2.05, 4.69) is 27.7 Å². The van der Waals surface area contributed by atoms with Gasteiger partial charge in [-0.2, -0.15) is 0 Å². The van der Waals surface area contributed by atoms with E-state index in [1.165, 1.54) is 6.07 Å². The number of hydrogen-bond acceptors (Lipinski definition) is 2. The summed E-state index contributed by atoms with van der Waals surface area (Å²) in [6.07, 6.45) is 8.99. The molecule has 0 unspecified atom stereocenters. The molecule has 0 saturated heterocycles. The van der Waals surface area contributed by atoms with Gasteiger partial charge in [-0.05, 0) is 48.3 Å². The van der Waals surface area contributed by atoms with Gasteiger partial charge in [0.15, 0.2) is 0 Å². The Bertz CT molecular complexity index is 617. The largest absolute Gasteiger partial charge is 0.478 e. The number of carbonyl (C=O) groups is 2. The standard InChI is InChI=1S/C22H34O4/c1-5-7-9-10-11-16-12-13-17(20(23)24)19(21(25)26)18(16)15-22(3,4)14-8-6-2/h12-13H,5-11,14-15H2,1-4H3,(H,23,24)(H,25,26). The lowest BCUT2D eigenvalue weighted by Crippen LogP contribution is -2.21. The Kier molecular flexibility index (Phi) is 8.83. The first-order chi connectivity index (χ1) is 12.2.